The zero-order chi connectivity index (χ0) is 11.4. The van der Waals surface area contributed by atoms with Gasteiger partial charge in [-0.05, 0) is 24.6 Å². The number of para-hydroxylation sites is 1. The molecule has 4 nitrogen and oxygen atoms in total. The van der Waals surface area contributed by atoms with Crippen LogP contribution in [0.2, 0.25) is 0 Å². The van der Waals surface area contributed by atoms with Crippen molar-refractivity contribution in [2.45, 2.75) is 18.4 Å². The van der Waals surface area contributed by atoms with E-state index in [0.29, 0.717) is 18.5 Å². The maximum absolute atomic E-state index is 11.7. The molecule has 3 aliphatic heterocycles. The van der Waals surface area contributed by atoms with Crippen LogP contribution in [-0.2, 0) is 4.79 Å². The van der Waals surface area contributed by atoms with Crippen LogP contribution >= 0.6 is 0 Å². The number of nitrogens with zero attached hydrogens (tertiary/aromatic N) is 1. The van der Waals surface area contributed by atoms with E-state index in [4.69, 9.17) is 0 Å². The third kappa shape index (κ3) is 1.19. The number of hydrogen-bond acceptors (Lipinski definition) is 3. The topological polar surface area (TPSA) is 44.4 Å². The average molecular weight is 229 g/mol. The predicted molar refractivity (Wildman–Crippen MR) is 66.4 cm³/mol. The number of fused-ring (bicyclic) bond motifs is 3. The van der Waals surface area contributed by atoms with Crippen molar-refractivity contribution in [1.82, 2.24) is 5.32 Å². The summed E-state index contributed by atoms with van der Waals surface area (Å²) in [5, 5.41) is 6.44. The van der Waals surface area contributed by atoms with Crippen molar-refractivity contribution in [3.8, 4) is 0 Å². The molecule has 0 bridgehead atoms. The molecule has 0 aromatic heterocycles. The Kier molecular flexibility index (Phi) is 1.80. The molecule has 1 aromatic rings. The van der Waals surface area contributed by atoms with E-state index in [2.05, 4.69) is 27.7 Å². The van der Waals surface area contributed by atoms with Crippen LogP contribution in [-0.4, -0.2) is 31.6 Å². The lowest BCUT2D eigenvalue weighted by atomic mass is 9.90. The first-order valence-electron chi connectivity index (χ1n) is 6.25. The highest BCUT2D eigenvalue weighted by atomic mass is 16.2. The van der Waals surface area contributed by atoms with E-state index >= 15 is 0 Å². The standard InChI is InChI=1S/C13H15N3O/c17-12-7-16-11-4-5-14-6-9(11)8-2-1-3-10(15-12)13(8)16/h1-3,9,11,14H,4-7H2,(H,15,17)/t9-,11-/m0/s1. The van der Waals surface area contributed by atoms with Crippen molar-refractivity contribution >= 4 is 17.3 Å². The van der Waals surface area contributed by atoms with Crippen LogP contribution in [0.1, 0.15) is 17.9 Å². The second kappa shape index (κ2) is 3.23. The summed E-state index contributed by atoms with van der Waals surface area (Å²) >= 11 is 0. The second-order valence-electron chi connectivity index (χ2n) is 5.09. The summed E-state index contributed by atoms with van der Waals surface area (Å²) in [6, 6.07) is 6.78. The first-order valence-corrected chi connectivity index (χ1v) is 6.25. The summed E-state index contributed by atoms with van der Waals surface area (Å²) in [6.45, 7) is 2.61. The van der Waals surface area contributed by atoms with Crippen molar-refractivity contribution in [3.05, 3.63) is 23.8 Å². The summed E-state index contributed by atoms with van der Waals surface area (Å²) in [7, 11) is 0. The van der Waals surface area contributed by atoms with Crippen LogP contribution in [0.4, 0.5) is 11.4 Å². The van der Waals surface area contributed by atoms with Gasteiger partial charge in [-0.1, -0.05) is 12.1 Å². The highest BCUT2D eigenvalue weighted by molar-refractivity contribution is 6.03. The molecule has 2 atom stereocenters. The average Bonchev–Trinajstić information content (AvgIpc) is 2.67. The lowest BCUT2D eigenvalue weighted by molar-refractivity contribution is -0.115. The number of anilines is 2. The van der Waals surface area contributed by atoms with E-state index in [1.165, 1.54) is 11.3 Å². The van der Waals surface area contributed by atoms with E-state index in [0.717, 1.165) is 25.2 Å². The van der Waals surface area contributed by atoms with Gasteiger partial charge in [0.2, 0.25) is 5.91 Å². The molecule has 1 aromatic carbocycles. The lowest BCUT2D eigenvalue weighted by Gasteiger charge is -2.35. The fourth-order valence-electron chi connectivity index (χ4n) is 3.52. The molecule has 3 aliphatic rings. The molecule has 17 heavy (non-hydrogen) atoms. The minimum absolute atomic E-state index is 0.119. The third-order valence-electron chi connectivity index (χ3n) is 4.19. The van der Waals surface area contributed by atoms with Gasteiger partial charge in [-0.3, -0.25) is 4.79 Å². The minimum Gasteiger partial charge on any atom is -0.357 e. The molecule has 88 valence electrons. The molecule has 1 fully saturated rings. The Hall–Kier alpha value is -1.55. The molecule has 0 aliphatic carbocycles. The Labute approximate surface area is 100.0 Å². The van der Waals surface area contributed by atoms with Crippen LogP contribution < -0.4 is 15.5 Å². The van der Waals surface area contributed by atoms with Crippen molar-refractivity contribution in [1.29, 1.82) is 0 Å². The zero-order valence-electron chi connectivity index (χ0n) is 9.57. The molecule has 4 heteroatoms. The third-order valence-corrected chi connectivity index (χ3v) is 4.19. The first-order chi connectivity index (χ1) is 8.34. The smallest absolute Gasteiger partial charge is 0.243 e. The van der Waals surface area contributed by atoms with Gasteiger partial charge < -0.3 is 15.5 Å². The monoisotopic (exact) mass is 229 g/mol. The molecule has 1 amide bonds. The summed E-state index contributed by atoms with van der Waals surface area (Å²) in [4.78, 5) is 14.0. The molecule has 4 rings (SSSR count). The fraction of sp³-hybridized carbons (Fsp3) is 0.462. The van der Waals surface area contributed by atoms with E-state index in [1.54, 1.807) is 0 Å². The largest absolute Gasteiger partial charge is 0.357 e. The van der Waals surface area contributed by atoms with Crippen LogP contribution in [0, 0.1) is 0 Å². The van der Waals surface area contributed by atoms with E-state index in [9.17, 15) is 4.79 Å². The Morgan fingerprint density at radius 1 is 1.35 bits per heavy atom. The van der Waals surface area contributed by atoms with Gasteiger partial charge in [0.1, 0.15) is 0 Å². The van der Waals surface area contributed by atoms with Crippen molar-refractivity contribution in [2.24, 2.45) is 0 Å². The van der Waals surface area contributed by atoms with Crippen molar-refractivity contribution in [3.63, 3.8) is 0 Å². The molecule has 0 unspecified atom stereocenters. The van der Waals surface area contributed by atoms with Gasteiger partial charge >= 0.3 is 0 Å². The Morgan fingerprint density at radius 2 is 2.29 bits per heavy atom. The highest BCUT2D eigenvalue weighted by Gasteiger charge is 2.43. The molecule has 2 N–H and O–H groups in total. The fourth-order valence-corrected chi connectivity index (χ4v) is 3.52. The maximum Gasteiger partial charge on any atom is 0.243 e. The van der Waals surface area contributed by atoms with E-state index < -0.39 is 0 Å². The number of carbonyl (C=O) groups excluding carboxylic acids is 1. The molecule has 0 radical (unpaired) electrons. The van der Waals surface area contributed by atoms with Gasteiger partial charge in [0, 0.05) is 18.5 Å². The normalized spacial score (nSPS) is 29.6. The number of piperidine rings is 1. The minimum atomic E-state index is 0.119. The molecule has 1 saturated heterocycles. The van der Waals surface area contributed by atoms with Gasteiger partial charge in [0.05, 0.1) is 17.9 Å². The molecular weight excluding hydrogens is 214 g/mol. The summed E-state index contributed by atoms with van der Waals surface area (Å²) in [6.07, 6.45) is 1.13. The highest BCUT2D eigenvalue weighted by Crippen LogP contribution is 2.48. The van der Waals surface area contributed by atoms with Crippen LogP contribution in [0.3, 0.4) is 0 Å². The summed E-state index contributed by atoms with van der Waals surface area (Å²) in [5.41, 5.74) is 3.67. The van der Waals surface area contributed by atoms with Crippen LogP contribution in [0.25, 0.3) is 0 Å². The maximum atomic E-state index is 11.7. The van der Waals surface area contributed by atoms with Gasteiger partial charge in [-0.25, -0.2) is 0 Å². The van der Waals surface area contributed by atoms with Crippen LogP contribution in [0.5, 0.6) is 0 Å². The number of benzene rings is 1. The van der Waals surface area contributed by atoms with Gasteiger partial charge in [0.15, 0.2) is 0 Å². The summed E-state index contributed by atoms with van der Waals surface area (Å²) in [5.74, 6) is 0.667. The SMILES string of the molecule is O=C1CN2c3c(cccc3[C@@H]3CNCC[C@@H]32)N1. The number of amides is 1. The van der Waals surface area contributed by atoms with Crippen molar-refractivity contribution in [2.75, 3.05) is 29.9 Å². The molecule has 0 spiro atoms. The van der Waals surface area contributed by atoms with E-state index in [-0.39, 0.29) is 5.91 Å². The van der Waals surface area contributed by atoms with E-state index in [1.807, 2.05) is 6.07 Å². The number of hydrogen-bond donors (Lipinski definition) is 2. The Bertz CT molecular complexity index is 499. The summed E-state index contributed by atoms with van der Waals surface area (Å²) < 4.78 is 0. The number of carbonyl (C=O) groups is 1. The molecular formula is C13H15N3O. The van der Waals surface area contributed by atoms with Crippen LogP contribution in [0.15, 0.2) is 18.2 Å². The van der Waals surface area contributed by atoms with Gasteiger partial charge in [0.25, 0.3) is 0 Å². The van der Waals surface area contributed by atoms with Gasteiger partial charge in [-0.2, -0.15) is 0 Å². The Balaban J connectivity index is 1.90. The second-order valence-corrected chi connectivity index (χ2v) is 5.09. The lowest BCUT2D eigenvalue weighted by Crippen LogP contribution is -2.48. The van der Waals surface area contributed by atoms with Gasteiger partial charge in [-0.15, -0.1) is 0 Å². The number of nitrogens with one attached hydrogen (secondary N) is 2. The molecule has 3 heterocycles. The zero-order valence-corrected chi connectivity index (χ0v) is 9.57. The Morgan fingerprint density at radius 3 is 3.24 bits per heavy atom. The predicted octanol–water partition coefficient (Wildman–Crippen LogP) is 0.904. The van der Waals surface area contributed by atoms with Crippen molar-refractivity contribution < 1.29 is 4.79 Å². The number of rotatable bonds is 0. The quantitative estimate of drug-likeness (QED) is 0.695. The first kappa shape index (κ1) is 9.48. The molecule has 0 saturated carbocycles.